The number of carbonyl (C=O) groups is 6. The van der Waals surface area contributed by atoms with Gasteiger partial charge in [0.1, 0.15) is 68.6 Å². The van der Waals surface area contributed by atoms with Crippen molar-refractivity contribution in [1.82, 2.24) is 10.6 Å². The van der Waals surface area contributed by atoms with Gasteiger partial charge in [0.25, 0.3) is 0 Å². The molecule has 0 saturated carbocycles. The standard InChI is InChI=1S/C68H71Cl3N2O15S3/c1-44(2)64(75)80-35-7-8-62(74)86-56(41-89-59-27-15-50(69)16-28-59)38-83-53-21-9-47(10-22-53)63(48-11-23-54(24-12-48)84-39-57(42-90-60-29-17-51(70)18-30-60)87-67(78)72-33-36-81-65(76)45(3)4)49-13-25-55(26-14-49)85-40-58(43-91-61-31-19-52(71)20-32-61)88-68(79)73-34-37-82-66(77)46(5)6/h9-32,56-58,63H,1,3,5,7-8,33-43H2,2,4,6H3,(H,72,78)(H,73,79). The maximum absolute atomic E-state index is 13.1. The van der Waals surface area contributed by atoms with Gasteiger partial charge in [0.05, 0.1) is 19.7 Å². The van der Waals surface area contributed by atoms with Crippen molar-refractivity contribution in [3.05, 3.63) is 214 Å². The summed E-state index contributed by atoms with van der Waals surface area (Å²) in [7, 11) is 0. The smallest absolute Gasteiger partial charge is 0.407 e. The lowest BCUT2D eigenvalue weighted by Crippen LogP contribution is -2.35. The van der Waals surface area contributed by atoms with Crippen LogP contribution >= 0.6 is 70.1 Å². The highest BCUT2D eigenvalue weighted by Gasteiger charge is 2.23. The topological polar surface area (TPSA) is 210 Å². The van der Waals surface area contributed by atoms with Crippen molar-refractivity contribution in [3.8, 4) is 17.2 Å². The number of thioether (sulfide) groups is 3. The Labute approximate surface area is 558 Å². The molecule has 0 bridgehead atoms. The van der Waals surface area contributed by atoms with Crippen molar-refractivity contribution in [1.29, 1.82) is 0 Å². The Balaban J connectivity index is 1.20. The van der Waals surface area contributed by atoms with E-state index in [1.165, 1.54) is 49.1 Å². The summed E-state index contributed by atoms with van der Waals surface area (Å²) in [5, 5.41) is 7.00. The van der Waals surface area contributed by atoms with Gasteiger partial charge >= 0.3 is 36.1 Å². The van der Waals surface area contributed by atoms with Gasteiger partial charge in [-0.15, -0.1) is 35.3 Å². The molecule has 17 nitrogen and oxygen atoms in total. The van der Waals surface area contributed by atoms with Crippen LogP contribution in [0.5, 0.6) is 17.2 Å². The normalized spacial score (nSPS) is 12.1. The van der Waals surface area contributed by atoms with Crippen LogP contribution in [-0.4, -0.2) is 124 Å². The van der Waals surface area contributed by atoms with Gasteiger partial charge in [-0.2, -0.15) is 0 Å². The van der Waals surface area contributed by atoms with Crippen LogP contribution in [0, 0.1) is 0 Å². The van der Waals surface area contributed by atoms with Gasteiger partial charge in [-0.05, 0) is 153 Å². The van der Waals surface area contributed by atoms with Crippen molar-refractivity contribution in [3.63, 3.8) is 0 Å². The lowest BCUT2D eigenvalue weighted by atomic mass is 9.85. The number of hydrogen-bond donors (Lipinski definition) is 2. The maximum Gasteiger partial charge on any atom is 0.407 e. The van der Waals surface area contributed by atoms with Crippen molar-refractivity contribution in [2.75, 3.05) is 70.0 Å². The zero-order valence-electron chi connectivity index (χ0n) is 50.5. The summed E-state index contributed by atoms with van der Waals surface area (Å²) in [6, 6.07) is 44.6. The third-order valence-corrected chi connectivity index (χ3v) is 16.7. The number of carbonyl (C=O) groups excluding carboxylic acids is 6. The van der Waals surface area contributed by atoms with Gasteiger partial charge in [0.2, 0.25) is 0 Å². The van der Waals surface area contributed by atoms with Crippen LogP contribution in [0.15, 0.2) is 197 Å². The molecule has 0 aliphatic rings. The summed E-state index contributed by atoms with van der Waals surface area (Å²) < 4.78 is 51.7. The molecule has 0 saturated heterocycles. The lowest BCUT2D eigenvalue weighted by Gasteiger charge is -2.22. The third kappa shape index (κ3) is 27.3. The monoisotopic (exact) mass is 1360 g/mol. The Kier molecular flexibility index (Phi) is 30.9. The van der Waals surface area contributed by atoms with E-state index >= 15 is 0 Å². The van der Waals surface area contributed by atoms with Gasteiger partial charge < -0.3 is 53.3 Å². The highest BCUT2D eigenvalue weighted by molar-refractivity contribution is 7.99. The minimum Gasteiger partial charge on any atom is -0.490 e. The fourth-order valence-electron chi connectivity index (χ4n) is 7.90. The summed E-state index contributed by atoms with van der Waals surface area (Å²) in [5.74, 6) is 0.108. The molecule has 6 aromatic carbocycles. The molecule has 0 heterocycles. The molecule has 2 amide bonds. The molecule has 23 heteroatoms. The molecule has 91 heavy (non-hydrogen) atoms. The SMILES string of the molecule is C=C(C)C(=O)OCCCC(=O)OC(COc1ccc(C(c2ccc(OCC(CSc3ccc(Cl)cc3)OC(=O)NCCOC(=O)C(=C)C)cc2)c2ccc(OCC(CSc3ccc(Cl)cc3)OC(=O)NCCOC(=O)C(=C)C)cc2)cc1)CSc1ccc(Cl)cc1. The Morgan fingerprint density at radius 1 is 0.418 bits per heavy atom. The molecule has 2 N–H and O–H groups in total. The minimum atomic E-state index is -0.715. The fourth-order valence-corrected chi connectivity index (χ4v) is 10.9. The molecular weight excluding hydrogens is 1290 g/mol. The summed E-state index contributed by atoms with van der Waals surface area (Å²) in [6.45, 7) is 15.3. The highest BCUT2D eigenvalue weighted by atomic mass is 35.5. The number of benzene rings is 6. The van der Waals surface area contributed by atoms with E-state index in [0.717, 1.165) is 31.4 Å². The fraction of sp³-hybridized carbons (Fsp3) is 0.294. The molecule has 0 aromatic heterocycles. The van der Waals surface area contributed by atoms with Gasteiger partial charge in [0.15, 0.2) is 0 Å². The van der Waals surface area contributed by atoms with Crippen molar-refractivity contribution >= 4 is 106 Å². The Morgan fingerprint density at radius 3 is 1.02 bits per heavy atom. The molecule has 6 rings (SSSR count). The maximum atomic E-state index is 13.1. The largest absolute Gasteiger partial charge is 0.490 e. The molecule has 0 fully saturated rings. The van der Waals surface area contributed by atoms with E-state index in [0.29, 0.717) is 49.6 Å². The second-order valence-corrected chi connectivity index (χ2v) is 24.8. The molecule has 0 aliphatic heterocycles. The minimum absolute atomic E-state index is 0.000539. The van der Waals surface area contributed by atoms with Gasteiger partial charge in [-0.1, -0.05) is 90.9 Å². The van der Waals surface area contributed by atoms with E-state index in [9.17, 15) is 28.8 Å². The van der Waals surface area contributed by atoms with Crippen LogP contribution in [0.1, 0.15) is 56.2 Å². The van der Waals surface area contributed by atoms with E-state index in [1.807, 2.05) is 109 Å². The molecule has 3 atom stereocenters. The predicted octanol–water partition coefficient (Wildman–Crippen LogP) is 14.6. The first-order valence-electron chi connectivity index (χ1n) is 28.7. The van der Waals surface area contributed by atoms with Crippen LogP contribution in [0.25, 0.3) is 0 Å². The molecule has 6 aromatic rings. The predicted molar refractivity (Wildman–Crippen MR) is 356 cm³/mol. The van der Waals surface area contributed by atoms with Crippen LogP contribution in [-0.2, 0) is 47.6 Å². The van der Waals surface area contributed by atoms with E-state index < -0.39 is 54.4 Å². The molecule has 0 spiro atoms. The van der Waals surface area contributed by atoms with Crippen LogP contribution in [0.4, 0.5) is 9.59 Å². The molecule has 0 aliphatic carbocycles. The zero-order valence-corrected chi connectivity index (χ0v) is 55.2. The van der Waals surface area contributed by atoms with Crippen molar-refractivity contribution < 1.29 is 71.4 Å². The summed E-state index contributed by atoms with van der Waals surface area (Å²) in [4.78, 5) is 77.4. The Morgan fingerprint density at radius 2 is 0.714 bits per heavy atom. The number of ether oxygens (including phenoxy) is 9. The third-order valence-electron chi connectivity index (χ3n) is 12.6. The first kappa shape index (κ1) is 72.3. The van der Waals surface area contributed by atoms with E-state index in [2.05, 4.69) is 30.4 Å². The van der Waals surface area contributed by atoms with Gasteiger partial charge in [-0.3, -0.25) is 4.79 Å². The summed E-state index contributed by atoms with van der Waals surface area (Å²) >= 11 is 22.8. The average Bonchev–Trinajstić information content (AvgIpc) is 1.82. The quantitative estimate of drug-likeness (QED) is 0.00927. The number of alkyl carbamates (subject to hydrolysis) is 2. The van der Waals surface area contributed by atoms with Crippen LogP contribution < -0.4 is 24.8 Å². The zero-order chi connectivity index (χ0) is 65.5. The Hall–Kier alpha value is -7.72. The van der Waals surface area contributed by atoms with E-state index in [-0.39, 0.29) is 88.2 Å². The lowest BCUT2D eigenvalue weighted by molar-refractivity contribution is -0.150. The number of rotatable bonds is 37. The molecular formula is C68H71Cl3N2O15S3. The van der Waals surface area contributed by atoms with Gasteiger partial charge in [0, 0.05) is 76.1 Å². The van der Waals surface area contributed by atoms with Gasteiger partial charge in [-0.25, -0.2) is 24.0 Å². The first-order chi connectivity index (χ1) is 43.8. The number of esters is 4. The number of halogens is 3. The average molecular weight is 1360 g/mol. The number of amides is 2. The van der Waals surface area contributed by atoms with E-state index in [4.69, 9.17) is 77.4 Å². The van der Waals surface area contributed by atoms with E-state index in [1.54, 1.807) is 43.3 Å². The Bertz CT molecular complexity index is 3010. The highest BCUT2D eigenvalue weighted by Crippen LogP contribution is 2.36. The second-order valence-electron chi connectivity index (χ2n) is 20.2. The van der Waals surface area contributed by atoms with Crippen molar-refractivity contribution in [2.24, 2.45) is 0 Å². The first-order valence-corrected chi connectivity index (χ1v) is 32.8. The van der Waals surface area contributed by atoms with Crippen LogP contribution in [0.2, 0.25) is 15.1 Å². The van der Waals surface area contributed by atoms with Crippen LogP contribution in [0.3, 0.4) is 0 Å². The molecule has 0 radical (unpaired) electrons. The number of hydrogen-bond acceptors (Lipinski definition) is 18. The number of nitrogens with one attached hydrogen (secondary N) is 2. The molecule has 482 valence electrons. The second kappa shape index (κ2) is 38.9. The molecule has 3 unspecified atom stereocenters. The summed E-state index contributed by atoms with van der Waals surface area (Å²) in [6.07, 6.45) is -3.22. The summed E-state index contributed by atoms with van der Waals surface area (Å²) in [5.41, 5.74) is 3.42. The van der Waals surface area contributed by atoms with Crippen molar-refractivity contribution in [2.45, 2.75) is 72.5 Å².